The molecule has 1 aromatic rings. The van der Waals surface area contributed by atoms with Crippen LogP contribution in [0.4, 0.5) is 0 Å². The smallest absolute Gasteiger partial charge is 0.0646 e. The molecule has 0 saturated carbocycles. The van der Waals surface area contributed by atoms with Crippen molar-refractivity contribution < 1.29 is 4.74 Å². The third-order valence-corrected chi connectivity index (χ3v) is 4.01. The van der Waals surface area contributed by atoms with E-state index in [-0.39, 0.29) is 5.54 Å². The van der Waals surface area contributed by atoms with Crippen LogP contribution in [0, 0.1) is 0 Å². The third-order valence-electron chi connectivity index (χ3n) is 3.04. The molecule has 96 valence electrons. The molecular weight excluding hydrogens is 230 g/mol. The van der Waals surface area contributed by atoms with E-state index in [0.29, 0.717) is 6.61 Å². The van der Waals surface area contributed by atoms with Crippen molar-refractivity contribution in [3.05, 3.63) is 30.3 Å². The van der Waals surface area contributed by atoms with Crippen LogP contribution in [-0.4, -0.2) is 24.5 Å². The van der Waals surface area contributed by atoms with E-state index in [0.717, 1.165) is 25.2 Å². The lowest BCUT2D eigenvalue weighted by molar-refractivity contribution is 0.0923. The first-order chi connectivity index (χ1) is 8.20. The van der Waals surface area contributed by atoms with Gasteiger partial charge in [-0.1, -0.05) is 32.0 Å². The predicted molar refractivity (Wildman–Crippen MR) is 75.5 cm³/mol. The highest BCUT2D eigenvalue weighted by Crippen LogP contribution is 2.17. The van der Waals surface area contributed by atoms with E-state index in [1.807, 2.05) is 17.8 Å². The maximum atomic E-state index is 6.16. The zero-order valence-corrected chi connectivity index (χ0v) is 11.6. The molecule has 0 saturated heterocycles. The van der Waals surface area contributed by atoms with E-state index in [1.54, 1.807) is 0 Å². The van der Waals surface area contributed by atoms with Gasteiger partial charge >= 0.3 is 0 Å². The van der Waals surface area contributed by atoms with Crippen LogP contribution in [0.5, 0.6) is 0 Å². The van der Waals surface area contributed by atoms with Gasteiger partial charge in [0.2, 0.25) is 0 Å². The predicted octanol–water partition coefficient (Wildman–Crippen LogP) is 3.31. The van der Waals surface area contributed by atoms with Crippen molar-refractivity contribution in [1.82, 2.24) is 0 Å². The third kappa shape index (κ3) is 5.57. The van der Waals surface area contributed by atoms with E-state index >= 15 is 0 Å². The molecule has 0 radical (unpaired) electrons. The first-order valence-corrected chi connectivity index (χ1v) is 7.23. The van der Waals surface area contributed by atoms with Gasteiger partial charge in [-0.05, 0) is 25.0 Å². The Morgan fingerprint density at radius 1 is 1.18 bits per heavy atom. The minimum absolute atomic E-state index is 0.141. The van der Waals surface area contributed by atoms with Gasteiger partial charge in [0, 0.05) is 16.2 Å². The lowest BCUT2D eigenvalue weighted by Crippen LogP contribution is -2.43. The van der Waals surface area contributed by atoms with Crippen LogP contribution >= 0.6 is 11.8 Å². The van der Waals surface area contributed by atoms with Gasteiger partial charge in [0.05, 0.1) is 13.2 Å². The zero-order valence-electron chi connectivity index (χ0n) is 10.8. The molecule has 0 aliphatic carbocycles. The van der Waals surface area contributed by atoms with Crippen molar-refractivity contribution >= 4 is 11.8 Å². The summed E-state index contributed by atoms with van der Waals surface area (Å²) in [4.78, 5) is 1.29. The summed E-state index contributed by atoms with van der Waals surface area (Å²) >= 11 is 1.82. The van der Waals surface area contributed by atoms with Crippen LogP contribution < -0.4 is 5.73 Å². The largest absolute Gasteiger partial charge is 0.379 e. The van der Waals surface area contributed by atoms with Crippen LogP contribution in [0.1, 0.15) is 26.7 Å². The molecule has 1 aromatic carbocycles. The second-order valence-corrected chi connectivity index (χ2v) is 5.45. The van der Waals surface area contributed by atoms with Gasteiger partial charge in [-0.15, -0.1) is 11.8 Å². The second-order valence-electron chi connectivity index (χ2n) is 4.28. The summed E-state index contributed by atoms with van der Waals surface area (Å²) in [6.07, 6.45) is 1.94. The topological polar surface area (TPSA) is 35.2 Å². The van der Waals surface area contributed by atoms with Crippen LogP contribution in [0.2, 0.25) is 0 Å². The maximum absolute atomic E-state index is 6.16. The van der Waals surface area contributed by atoms with Gasteiger partial charge < -0.3 is 10.5 Å². The Hall–Kier alpha value is -0.510. The number of hydrogen-bond donors (Lipinski definition) is 1. The van der Waals surface area contributed by atoms with Crippen LogP contribution in [0.3, 0.4) is 0 Å². The van der Waals surface area contributed by atoms with Gasteiger partial charge in [0.25, 0.3) is 0 Å². The molecule has 0 aliphatic rings. The Balaban J connectivity index is 2.13. The molecule has 0 amide bonds. The number of hydrogen-bond acceptors (Lipinski definition) is 3. The monoisotopic (exact) mass is 253 g/mol. The first-order valence-electron chi connectivity index (χ1n) is 6.24. The highest BCUT2D eigenvalue weighted by Gasteiger charge is 2.19. The van der Waals surface area contributed by atoms with Gasteiger partial charge in [0.15, 0.2) is 0 Å². The standard InChI is InChI=1S/C14H23NOS/c1-3-14(15,4-2)12-16-10-11-17-13-8-6-5-7-9-13/h5-9H,3-4,10-12,15H2,1-2H3. The average molecular weight is 253 g/mol. The highest BCUT2D eigenvalue weighted by atomic mass is 32.2. The molecule has 0 fully saturated rings. The minimum atomic E-state index is -0.141. The summed E-state index contributed by atoms with van der Waals surface area (Å²) in [6.45, 7) is 5.66. The summed E-state index contributed by atoms with van der Waals surface area (Å²) in [6, 6.07) is 10.4. The first kappa shape index (κ1) is 14.6. The molecule has 1 rings (SSSR count). The molecule has 0 unspecified atom stereocenters. The Morgan fingerprint density at radius 3 is 2.41 bits per heavy atom. The molecule has 0 aliphatic heterocycles. The summed E-state index contributed by atoms with van der Waals surface area (Å²) in [7, 11) is 0. The minimum Gasteiger partial charge on any atom is -0.379 e. The summed E-state index contributed by atoms with van der Waals surface area (Å²) in [5.41, 5.74) is 6.02. The van der Waals surface area contributed by atoms with Crippen molar-refractivity contribution in [2.24, 2.45) is 5.73 Å². The fraction of sp³-hybridized carbons (Fsp3) is 0.571. The number of nitrogens with two attached hydrogens (primary N) is 1. The van der Waals surface area contributed by atoms with E-state index < -0.39 is 0 Å². The van der Waals surface area contributed by atoms with Crippen molar-refractivity contribution in [2.75, 3.05) is 19.0 Å². The Labute approximate surface area is 109 Å². The Morgan fingerprint density at radius 2 is 1.82 bits per heavy atom. The molecule has 0 heterocycles. The van der Waals surface area contributed by atoms with Crippen LogP contribution in [0.15, 0.2) is 35.2 Å². The van der Waals surface area contributed by atoms with Gasteiger partial charge in [-0.3, -0.25) is 0 Å². The lowest BCUT2D eigenvalue weighted by atomic mass is 9.96. The zero-order chi connectivity index (χ0) is 12.6. The molecule has 17 heavy (non-hydrogen) atoms. The molecule has 0 aromatic heterocycles. The molecule has 0 bridgehead atoms. The fourth-order valence-electron chi connectivity index (χ4n) is 1.46. The van der Waals surface area contributed by atoms with Gasteiger partial charge in [-0.2, -0.15) is 0 Å². The van der Waals surface area contributed by atoms with Crippen LogP contribution in [0.25, 0.3) is 0 Å². The lowest BCUT2D eigenvalue weighted by Gasteiger charge is -2.26. The average Bonchev–Trinajstić information content (AvgIpc) is 2.39. The molecular formula is C14H23NOS. The fourth-order valence-corrected chi connectivity index (χ4v) is 2.25. The molecule has 0 spiro atoms. The number of ether oxygens (including phenoxy) is 1. The summed E-state index contributed by atoms with van der Waals surface area (Å²) < 4.78 is 5.66. The molecule has 0 atom stereocenters. The summed E-state index contributed by atoms with van der Waals surface area (Å²) in [5.74, 6) is 0.980. The SMILES string of the molecule is CCC(N)(CC)COCCSc1ccccc1. The number of benzene rings is 1. The van der Waals surface area contributed by atoms with Crippen LogP contribution in [-0.2, 0) is 4.74 Å². The molecule has 2 nitrogen and oxygen atoms in total. The van der Waals surface area contributed by atoms with Crippen molar-refractivity contribution in [2.45, 2.75) is 37.1 Å². The maximum Gasteiger partial charge on any atom is 0.0646 e. The summed E-state index contributed by atoms with van der Waals surface area (Å²) in [5, 5.41) is 0. The van der Waals surface area contributed by atoms with E-state index in [1.165, 1.54) is 4.90 Å². The van der Waals surface area contributed by atoms with E-state index in [4.69, 9.17) is 10.5 Å². The number of thioether (sulfide) groups is 1. The normalized spacial score (nSPS) is 11.7. The van der Waals surface area contributed by atoms with Gasteiger partial charge in [0.1, 0.15) is 0 Å². The number of rotatable bonds is 8. The van der Waals surface area contributed by atoms with E-state index in [2.05, 4.69) is 38.1 Å². The van der Waals surface area contributed by atoms with Crippen molar-refractivity contribution in [3.8, 4) is 0 Å². The Kier molecular flexibility index (Phi) is 6.63. The van der Waals surface area contributed by atoms with Gasteiger partial charge in [-0.25, -0.2) is 0 Å². The second kappa shape index (κ2) is 7.75. The highest BCUT2D eigenvalue weighted by molar-refractivity contribution is 7.99. The van der Waals surface area contributed by atoms with Crippen molar-refractivity contribution in [3.63, 3.8) is 0 Å². The van der Waals surface area contributed by atoms with E-state index in [9.17, 15) is 0 Å². The Bertz CT molecular complexity index is 298. The molecule has 2 N–H and O–H groups in total. The van der Waals surface area contributed by atoms with Crippen molar-refractivity contribution in [1.29, 1.82) is 0 Å². The quantitative estimate of drug-likeness (QED) is 0.570. The molecule has 3 heteroatoms.